The third-order valence-corrected chi connectivity index (χ3v) is 5.83. The van der Waals surface area contributed by atoms with Crippen LogP contribution in [0, 0.1) is 5.92 Å². The lowest BCUT2D eigenvalue weighted by molar-refractivity contribution is 0.646. The summed E-state index contributed by atoms with van der Waals surface area (Å²) in [6.45, 7) is 22.2. The van der Waals surface area contributed by atoms with E-state index in [0.29, 0.717) is 23.7 Å². The standard InChI is InChI=1S/C29H42N2/c1-18(2)17-24-13-11-14-25(19(3)4)28(24)30-22(9)23(10)31-29-26(20(5)6)15-12-16-27(29)21(7)8/h11-16,18-21H,17H2,1-10H3. The van der Waals surface area contributed by atoms with Crippen molar-refractivity contribution in [3.8, 4) is 0 Å². The van der Waals surface area contributed by atoms with E-state index in [1.807, 2.05) is 0 Å². The highest BCUT2D eigenvalue weighted by Crippen LogP contribution is 2.36. The zero-order valence-electron chi connectivity index (χ0n) is 21.4. The van der Waals surface area contributed by atoms with Crippen molar-refractivity contribution >= 4 is 22.8 Å². The average Bonchev–Trinajstić information content (AvgIpc) is 2.68. The molecule has 0 bridgehead atoms. The molecular formula is C29H42N2. The molecule has 0 saturated carbocycles. The fourth-order valence-electron chi connectivity index (χ4n) is 3.96. The molecule has 0 fully saturated rings. The Balaban J connectivity index is 2.61. The van der Waals surface area contributed by atoms with Gasteiger partial charge in [0.25, 0.3) is 0 Å². The largest absolute Gasteiger partial charge is 0.251 e. The molecule has 2 aromatic rings. The number of nitrogens with zero attached hydrogens (tertiary/aromatic N) is 2. The number of hydrogen-bond acceptors (Lipinski definition) is 2. The molecule has 0 aliphatic rings. The second kappa shape index (κ2) is 10.9. The van der Waals surface area contributed by atoms with Gasteiger partial charge in [-0.1, -0.05) is 91.8 Å². The van der Waals surface area contributed by atoms with Crippen molar-refractivity contribution in [2.45, 2.75) is 93.4 Å². The van der Waals surface area contributed by atoms with Gasteiger partial charge in [0.15, 0.2) is 0 Å². The Morgan fingerprint density at radius 1 is 0.613 bits per heavy atom. The van der Waals surface area contributed by atoms with Crippen LogP contribution < -0.4 is 0 Å². The number of hydrogen-bond donors (Lipinski definition) is 0. The Bertz CT molecular complexity index is 917. The van der Waals surface area contributed by atoms with Gasteiger partial charge in [-0.05, 0) is 66.2 Å². The number of benzene rings is 2. The zero-order valence-corrected chi connectivity index (χ0v) is 21.4. The fourth-order valence-corrected chi connectivity index (χ4v) is 3.96. The van der Waals surface area contributed by atoms with Crippen LogP contribution in [0.2, 0.25) is 0 Å². The van der Waals surface area contributed by atoms with Gasteiger partial charge in [0, 0.05) is 0 Å². The fraction of sp³-hybridized carbons (Fsp3) is 0.517. The zero-order chi connectivity index (χ0) is 23.3. The lowest BCUT2D eigenvalue weighted by Crippen LogP contribution is -2.07. The third-order valence-electron chi connectivity index (χ3n) is 5.83. The normalized spacial score (nSPS) is 13.2. The third kappa shape index (κ3) is 6.38. The molecule has 0 aliphatic carbocycles. The van der Waals surface area contributed by atoms with E-state index in [4.69, 9.17) is 9.98 Å². The van der Waals surface area contributed by atoms with E-state index < -0.39 is 0 Å². The molecule has 0 unspecified atom stereocenters. The molecule has 2 rings (SSSR count). The molecule has 2 heteroatoms. The molecule has 0 aromatic heterocycles. The number of para-hydroxylation sites is 2. The van der Waals surface area contributed by atoms with Gasteiger partial charge in [-0.2, -0.15) is 0 Å². The van der Waals surface area contributed by atoms with Crippen LogP contribution in [0.25, 0.3) is 0 Å². The van der Waals surface area contributed by atoms with E-state index in [1.54, 1.807) is 0 Å². The molecule has 0 aliphatic heterocycles. The quantitative estimate of drug-likeness (QED) is 0.382. The molecule has 2 aromatic carbocycles. The molecule has 0 atom stereocenters. The van der Waals surface area contributed by atoms with E-state index in [2.05, 4.69) is 106 Å². The van der Waals surface area contributed by atoms with Gasteiger partial charge in [0.05, 0.1) is 22.8 Å². The summed E-state index contributed by atoms with van der Waals surface area (Å²) in [6, 6.07) is 13.2. The molecule has 0 spiro atoms. The van der Waals surface area contributed by atoms with Gasteiger partial charge in [-0.15, -0.1) is 0 Å². The van der Waals surface area contributed by atoms with E-state index in [0.717, 1.165) is 29.2 Å². The lowest BCUT2D eigenvalue weighted by atomic mass is 9.92. The second-order valence-corrected chi connectivity index (χ2v) is 10.1. The summed E-state index contributed by atoms with van der Waals surface area (Å²) < 4.78 is 0. The molecule has 0 amide bonds. The van der Waals surface area contributed by atoms with E-state index in [-0.39, 0.29) is 0 Å². The maximum absolute atomic E-state index is 5.16. The maximum Gasteiger partial charge on any atom is 0.0702 e. The Labute approximate surface area is 190 Å². The average molecular weight is 419 g/mol. The highest BCUT2D eigenvalue weighted by Gasteiger charge is 2.15. The minimum absolute atomic E-state index is 0.432. The monoisotopic (exact) mass is 418 g/mol. The molecule has 168 valence electrons. The maximum atomic E-state index is 5.16. The van der Waals surface area contributed by atoms with Crippen LogP contribution in [0.4, 0.5) is 11.4 Å². The van der Waals surface area contributed by atoms with Gasteiger partial charge in [0.2, 0.25) is 0 Å². The van der Waals surface area contributed by atoms with Crippen molar-refractivity contribution in [3.63, 3.8) is 0 Å². The molecule has 0 N–H and O–H groups in total. The van der Waals surface area contributed by atoms with Crippen molar-refractivity contribution in [1.29, 1.82) is 0 Å². The van der Waals surface area contributed by atoms with Crippen LogP contribution in [0.5, 0.6) is 0 Å². The van der Waals surface area contributed by atoms with E-state index in [9.17, 15) is 0 Å². The second-order valence-electron chi connectivity index (χ2n) is 10.1. The van der Waals surface area contributed by atoms with Crippen molar-refractivity contribution in [3.05, 3.63) is 58.7 Å². The predicted molar refractivity (Wildman–Crippen MR) is 139 cm³/mol. The van der Waals surface area contributed by atoms with Crippen LogP contribution in [0.15, 0.2) is 46.4 Å². The summed E-state index contributed by atoms with van der Waals surface area (Å²) in [6.07, 6.45) is 1.04. The van der Waals surface area contributed by atoms with Gasteiger partial charge in [-0.3, -0.25) is 9.98 Å². The summed E-state index contributed by atoms with van der Waals surface area (Å²) in [5.41, 5.74) is 9.51. The Morgan fingerprint density at radius 3 is 1.42 bits per heavy atom. The predicted octanol–water partition coefficient (Wildman–Crippen LogP) is 9.14. The van der Waals surface area contributed by atoms with Crippen LogP contribution >= 0.6 is 0 Å². The van der Waals surface area contributed by atoms with Crippen LogP contribution in [0.1, 0.15) is 109 Å². The first kappa shape index (κ1) is 25.0. The minimum atomic E-state index is 0.432. The molecule has 2 nitrogen and oxygen atoms in total. The van der Waals surface area contributed by atoms with E-state index >= 15 is 0 Å². The SMILES string of the molecule is CC(=Nc1c(CC(C)C)cccc1C(C)C)C(C)=Nc1c(C(C)C)cccc1C(C)C. The van der Waals surface area contributed by atoms with Crippen molar-refractivity contribution in [1.82, 2.24) is 0 Å². The first-order chi connectivity index (χ1) is 14.5. The summed E-state index contributed by atoms with van der Waals surface area (Å²) in [5.74, 6) is 1.90. The summed E-state index contributed by atoms with van der Waals surface area (Å²) in [7, 11) is 0. The summed E-state index contributed by atoms with van der Waals surface area (Å²) >= 11 is 0. The van der Waals surface area contributed by atoms with Crippen LogP contribution in [-0.2, 0) is 6.42 Å². The minimum Gasteiger partial charge on any atom is -0.251 e. The summed E-state index contributed by atoms with van der Waals surface area (Å²) in [4.78, 5) is 10.3. The number of rotatable bonds is 8. The summed E-state index contributed by atoms with van der Waals surface area (Å²) in [5, 5.41) is 0. The Kier molecular flexibility index (Phi) is 8.79. The number of aliphatic imine (C=N–C) groups is 2. The Hall–Kier alpha value is -2.22. The molecular weight excluding hydrogens is 376 g/mol. The highest BCUT2D eigenvalue weighted by atomic mass is 14.8. The molecule has 0 saturated heterocycles. The van der Waals surface area contributed by atoms with Crippen molar-refractivity contribution < 1.29 is 0 Å². The lowest BCUT2D eigenvalue weighted by Gasteiger charge is -2.18. The van der Waals surface area contributed by atoms with Crippen molar-refractivity contribution in [2.75, 3.05) is 0 Å². The van der Waals surface area contributed by atoms with Gasteiger partial charge < -0.3 is 0 Å². The van der Waals surface area contributed by atoms with Gasteiger partial charge in [-0.25, -0.2) is 0 Å². The van der Waals surface area contributed by atoms with Crippen LogP contribution in [0.3, 0.4) is 0 Å². The van der Waals surface area contributed by atoms with Gasteiger partial charge >= 0.3 is 0 Å². The first-order valence-corrected chi connectivity index (χ1v) is 11.9. The van der Waals surface area contributed by atoms with E-state index in [1.165, 1.54) is 22.3 Å². The first-order valence-electron chi connectivity index (χ1n) is 11.9. The molecule has 0 radical (unpaired) electrons. The highest BCUT2D eigenvalue weighted by molar-refractivity contribution is 6.41. The van der Waals surface area contributed by atoms with Crippen LogP contribution in [-0.4, -0.2) is 11.4 Å². The molecule has 31 heavy (non-hydrogen) atoms. The smallest absolute Gasteiger partial charge is 0.0702 e. The molecule has 0 heterocycles. The Morgan fingerprint density at radius 2 is 1.00 bits per heavy atom. The topological polar surface area (TPSA) is 24.7 Å². The van der Waals surface area contributed by atoms with Gasteiger partial charge in [0.1, 0.15) is 0 Å². The van der Waals surface area contributed by atoms with Crippen molar-refractivity contribution in [2.24, 2.45) is 15.9 Å².